The van der Waals surface area contributed by atoms with E-state index in [1.165, 1.54) is 12.1 Å². The quantitative estimate of drug-likeness (QED) is 0.659. The van der Waals surface area contributed by atoms with Crippen LogP contribution < -0.4 is 10.2 Å². The Morgan fingerprint density at radius 2 is 1.88 bits per heavy atom. The summed E-state index contributed by atoms with van der Waals surface area (Å²) in [6, 6.07) is 11.1. The van der Waals surface area contributed by atoms with Crippen LogP contribution in [0, 0.1) is 5.82 Å². The highest BCUT2D eigenvalue weighted by molar-refractivity contribution is 8.18. The molecule has 3 amide bonds. The number of carbonyl (C=O) groups excluding carboxylic acids is 3. The van der Waals surface area contributed by atoms with Gasteiger partial charge in [-0.15, -0.1) is 0 Å². The molecule has 0 saturated carbocycles. The lowest BCUT2D eigenvalue weighted by Crippen LogP contribution is -2.36. The van der Waals surface area contributed by atoms with Crippen LogP contribution in [0.4, 0.5) is 20.6 Å². The molecular formula is C22H19ClFN3O4S. The highest BCUT2D eigenvalue weighted by Crippen LogP contribution is 2.33. The third-order valence-corrected chi connectivity index (χ3v) is 6.08. The zero-order valence-corrected chi connectivity index (χ0v) is 18.4. The van der Waals surface area contributed by atoms with Crippen LogP contribution in [0.1, 0.15) is 5.56 Å². The number of benzene rings is 2. The molecule has 166 valence electrons. The van der Waals surface area contributed by atoms with E-state index < -0.39 is 29.4 Å². The first-order chi connectivity index (χ1) is 15.4. The molecule has 2 aromatic carbocycles. The van der Waals surface area contributed by atoms with Gasteiger partial charge in [-0.25, -0.2) is 4.39 Å². The molecule has 0 unspecified atom stereocenters. The SMILES string of the molecule is O=C(CN1C(=O)S/C(=C\c2ccc(N3CCOCC3)c(F)c2)C1=O)Nc1ccc(Cl)cc1. The zero-order valence-electron chi connectivity index (χ0n) is 16.8. The van der Waals surface area contributed by atoms with Crippen molar-refractivity contribution < 1.29 is 23.5 Å². The van der Waals surface area contributed by atoms with Gasteiger partial charge in [-0.3, -0.25) is 19.3 Å². The molecule has 2 heterocycles. The number of nitrogens with one attached hydrogen (secondary N) is 1. The van der Waals surface area contributed by atoms with Crippen molar-refractivity contribution >= 4 is 57.9 Å². The molecule has 2 saturated heterocycles. The predicted octanol–water partition coefficient (Wildman–Crippen LogP) is 3.99. The van der Waals surface area contributed by atoms with Gasteiger partial charge in [0.1, 0.15) is 12.4 Å². The smallest absolute Gasteiger partial charge is 0.294 e. The van der Waals surface area contributed by atoms with Crippen molar-refractivity contribution in [2.75, 3.05) is 43.1 Å². The monoisotopic (exact) mass is 475 g/mol. The van der Waals surface area contributed by atoms with Crippen molar-refractivity contribution in [2.24, 2.45) is 0 Å². The number of amides is 3. The summed E-state index contributed by atoms with van der Waals surface area (Å²) in [7, 11) is 0. The molecule has 0 aromatic heterocycles. The maximum Gasteiger partial charge on any atom is 0.294 e. The summed E-state index contributed by atoms with van der Waals surface area (Å²) in [5.41, 5.74) is 1.42. The molecule has 2 aliphatic rings. The van der Waals surface area contributed by atoms with E-state index in [-0.39, 0.29) is 4.91 Å². The van der Waals surface area contributed by atoms with E-state index in [1.54, 1.807) is 36.4 Å². The number of halogens is 2. The van der Waals surface area contributed by atoms with E-state index >= 15 is 0 Å². The number of imide groups is 1. The van der Waals surface area contributed by atoms with Crippen LogP contribution in [0.5, 0.6) is 0 Å². The fraction of sp³-hybridized carbons (Fsp3) is 0.227. The van der Waals surface area contributed by atoms with Gasteiger partial charge in [0.25, 0.3) is 11.1 Å². The van der Waals surface area contributed by atoms with Crippen molar-refractivity contribution in [3.63, 3.8) is 0 Å². The Bertz CT molecular complexity index is 1090. The topological polar surface area (TPSA) is 79.0 Å². The lowest BCUT2D eigenvalue weighted by atomic mass is 10.1. The second-order valence-electron chi connectivity index (χ2n) is 7.13. The van der Waals surface area contributed by atoms with E-state index in [9.17, 15) is 18.8 Å². The molecule has 0 bridgehead atoms. The maximum atomic E-state index is 14.6. The number of hydrogen-bond donors (Lipinski definition) is 1. The molecule has 0 atom stereocenters. The van der Waals surface area contributed by atoms with Gasteiger partial charge in [0, 0.05) is 23.8 Å². The van der Waals surface area contributed by atoms with Crippen molar-refractivity contribution in [3.05, 3.63) is 63.8 Å². The summed E-state index contributed by atoms with van der Waals surface area (Å²) in [6.45, 7) is 1.87. The van der Waals surface area contributed by atoms with Crippen molar-refractivity contribution in [1.29, 1.82) is 0 Å². The van der Waals surface area contributed by atoms with Gasteiger partial charge >= 0.3 is 0 Å². The van der Waals surface area contributed by atoms with Gasteiger partial charge in [0.15, 0.2) is 0 Å². The average molecular weight is 476 g/mol. The minimum atomic E-state index is -0.594. The molecule has 32 heavy (non-hydrogen) atoms. The van der Waals surface area contributed by atoms with Crippen molar-refractivity contribution in [2.45, 2.75) is 0 Å². The maximum absolute atomic E-state index is 14.6. The first-order valence-corrected chi connectivity index (χ1v) is 11.0. The van der Waals surface area contributed by atoms with Gasteiger partial charge in [-0.05, 0) is 59.8 Å². The first-order valence-electron chi connectivity index (χ1n) is 9.84. The van der Waals surface area contributed by atoms with Crippen LogP contribution in [-0.4, -0.2) is 54.8 Å². The van der Waals surface area contributed by atoms with Crippen LogP contribution >= 0.6 is 23.4 Å². The minimum absolute atomic E-state index is 0.132. The Morgan fingerprint density at radius 1 is 1.16 bits per heavy atom. The number of ether oxygens (including phenoxy) is 1. The van der Waals surface area contributed by atoms with Crippen molar-refractivity contribution in [3.8, 4) is 0 Å². The lowest BCUT2D eigenvalue weighted by Gasteiger charge is -2.29. The summed E-state index contributed by atoms with van der Waals surface area (Å²) in [6.07, 6.45) is 1.45. The Morgan fingerprint density at radius 3 is 2.56 bits per heavy atom. The summed E-state index contributed by atoms with van der Waals surface area (Å²) >= 11 is 6.53. The summed E-state index contributed by atoms with van der Waals surface area (Å²) in [5, 5.41) is 2.58. The van der Waals surface area contributed by atoms with E-state index in [4.69, 9.17) is 16.3 Å². The lowest BCUT2D eigenvalue weighted by molar-refractivity contribution is -0.127. The highest BCUT2D eigenvalue weighted by atomic mass is 35.5. The minimum Gasteiger partial charge on any atom is -0.378 e. The molecule has 0 aliphatic carbocycles. The third-order valence-electron chi connectivity index (χ3n) is 4.92. The molecular weight excluding hydrogens is 457 g/mol. The van der Waals surface area contributed by atoms with Crippen LogP contribution in [0.15, 0.2) is 47.4 Å². The number of morpholine rings is 1. The number of hydrogen-bond acceptors (Lipinski definition) is 6. The number of thioether (sulfide) groups is 1. The highest BCUT2D eigenvalue weighted by Gasteiger charge is 2.36. The third kappa shape index (κ3) is 5.12. The molecule has 4 rings (SSSR count). The van der Waals surface area contributed by atoms with Crippen LogP contribution in [0.3, 0.4) is 0 Å². The predicted molar refractivity (Wildman–Crippen MR) is 122 cm³/mol. The molecule has 1 N–H and O–H groups in total. The fourth-order valence-electron chi connectivity index (χ4n) is 3.34. The number of rotatable bonds is 5. The Labute approximate surface area is 193 Å². The second kappa shape index (κ2) is 9.72. The standard InChI is InChI=1S/C22H19ClFN3O4S/c23-15-2-4-16(5-3-15)25-20(28)13-27-21(29)19(32-22(27)30)12-14-1-6-18(17(24)11-14)26-7-9-31-10-8-26/h1-6,11-12H,7-10,13H2,(H,25,28)/b19-12-. The number of nitrogens with zero attached hydrogens (tertiary/aromatic N) is 2. The van der Waals surface area contributed by atoms with Gasteiger partial charge < -0.3 is 15.0 Å². The first kappa shape index (κ1) is 22.3. The number of carbonyl (C=O) groups is 3. The van der Waals surface area contributed by atoms with E-state index in [0.717, 1.165) is 4.90 Å². The average Bonchev–Trinajstić information content (AvgIpc) is 3.03. The summed E-state index contributed by atoms with van der Waals surface area (Å²) in [4.78, 5) is 40.1. The molecule has 2 fully saturated rings. The summed E-state index contributed by atoms with van der Waals surface area (Å²) in [5.74, 6) is -1.53. The van der Waals surface area contributed by atoms with Crippen LogP contribution in [0.2, 0.25) is 5.02 Å². The van der Waals surface area contributed by atoms with Gasteiger partial charge in [-0.2, -0.15) is 0 Å². The Balaban J connectivity index is 1.43. The molecule has 2 aromatic rings. The molecule has 10 heteroatoms. The largest absolute Gasteiger partial charge is 0.378 e. The van der Waals surface area contributed by atoms with Gasteiger partial charge in [0.2, 0.25) is 5.91 Å². The van der Waals surface area contributed by atoms with E-state index in [1.807, 2.05) is 4.90 Å². The number of anilines is 2. The zero-order chi connectivity index (χ0) is 22.7. The van der Waals surface area contributed by atoms with E-state index in [0.29, 0.717) is 60.0 Å². The molecule has 0 spiro atoms. The van der Waals surface area contributed by atoms with Crippen LogP contribution in [-0.2, 0) is 14.3 Å². The van der Waals surface area contributed by atoms with Gasteiger partial charge in [0.05, 0.1) is 23.8 Å². The Hall–Kier alpha value is -2.88. The fourth-order valence-corrected chi connectivity index (χ4v) is 4.30. The van der Waals surface area contributed by atoms with Gasteiger partial charge in [-0.1, -0.05) is 17.7 Å². The van der Waals surface area contributed by atoms with Crippen LogP contribution in [0.25, 0.3) is 6.08 Å². The second-order valence-corrected chi connectivity index (χ2v) is 8.56. The summed E-state index contributed by atoms with van der Waals surface area (Å²) < 4.78 is 19.9. The Kier molecular flexibility index (Phi) is 6.78. The normalized spacial score (nSPS) is 17.9. The van der Waals surface area contributed by atoms with E-state index in [2.05, 4.69) is 5.32 Å². The molecule has 0 radical (unpaired) electrons. The van der Waals surface area contributed by atoms with Crippen molar-refractivity contribution in [1.82, 2.24) is 4.90 Å². The molecule has 7 nitrogen and oxygen atoms in total. The molecule has 2 aliphatic heterocycles.